The SMILES string of the molecule is CCOC(=O)C1=C2C(=O)N(c3ccc(OC)cc3OC)C(=O)[C@H]2NN1. The Balaban J connectivity index is 2.04. The van der Waals surface area contributed by atoms with Crippen LogP contribution in [-0.4, -0.2) is 44.7 Å². The van der Waals surface area contributed by atoms with Gasteiger partial charge in [-0.05, 0) is 19.1 Å². The van der Waals surface area contributed by atoms with E-state index in [0.29, 0.717) is 11.5 Å². The zero-order valence-corrected chi connectivity index (χ0v) is 13.9. The highest BCUT2D eigenvalue weighted by atomic mass is 16.5. The Morgan fingerprint density at radius 3 is 2.64 bits per heavy atom. The summed E-state index contributed by atoms with van der Waals surface area (Å²) in [5.41, 5.74) is 5.45. The number of nitrogens with one attached hydrogen (secondary N) is 2. The Bertz CT molecular complexity index is 788. The van der Waals surface area contributed by atoms with E-state index in [1.165, 1.54) is 14.2 Å². The minimum absolute atomic E-state index is 0.0290. The lowest BCUT2D eigenvalue weighted by atomic mass is 10.1. The summed E-state index contributed by atoms with van der Waals surface area (Å²) in [5, 5.41) is 0. The molecule has 9 heteroatoms. The highest BCUT2D eigenvalue weighted by molar-refractivity contribution is 6.33. The predicted octanol–water partition coefficient (Wildman–Crippen LogP) is -0.129. The van der Waals surface area contributed by atoms with Gasteiger partial charge in [-0.15, -0.1) is 0 Å². The van der Waals surface area contributed by atoms with Crippen LogP contribution >= 0.6 is 0 Å². The molecule has 0 saturated carbocycles. The van der Waals surface area contributed by atoms with Gasteiger partial charge < -0.3 is 19.6 Å². The number of imide groups is 1. The van der Waals surface area contributed by atoms with Crippen LogP contribution in [0.5, 0.6) is 11.5 Å². The van der Waals surface area contributed by atoms with Gasteiger partial charge in [-0.25, -0.2) is 15.1 Å². The van der Waals surface area contributed by atoms with E-state index < -0.39 is 23.8 Å². The van der Waals surface area contributed by atoms with E-state index in [9.17, 15) is 14.4 Å². The normalized spacial score (nSPS) is 19.0. The van der Waals surface area contributed by atoms with Gasteiger partial charge >= 0.3 is 5.97 Å². The summed E-state index contributed by atoms with van der Waals surface area (Å²) >= 11 is 0. The van der Waals surface area contributed by atoms with Crippen LogP contribution in [0.15, 0.2) is 29.5 Å². The summed E-state index contributed by atoms with van der Waals surface area (Å²) in [5.74, 6) is -1.01. The summed E-state index contributed by atoms with van der Waals surface area (Å²) in [4.78, 5) is 38.4. The molecular formula is C16H17N3O6. The van der Waals surface area contributed by atoms with Crippen LogP contribution in [0.3, 0.4) is 0 Å². The minimum atomic E-state index is -0.960. The molecule has 2 N–H and O–H groups in total. The van der Waals surface area contributed by atoms with Gasteiger partial charge in [0.05, 0.1) is 32.1 Å². The first-order chi connectivity index (χ1) is 12.0. The smallest absolute Gasteiger partial charge is 0.356 e. The molecule has 0 bridgehead atoms. The molecule has 0 aromatic heterocycles. The van der Waals surface area contributed by atoms with Gasteiger partial charge in [0.25, 0.3) is 11.8 Å². The number of rotatable bonds is 5. The first-order valence-corrected chi connectivity index (χ1v) is 7.56. The minimum Gasteiger partial charge on any atom is -0.497 e. The Labute approximate surface area is 143 Å². The summed E-state index contributed by atoms with van der Waals surface area (Å²) < 4.78 is 15.3. The number of nitrogens with zero attached hydrogens (tertiary/aromatic N) is 1. The van der Waals surface area contributed by atoms with Crippen molar-refractivity contribution in [3.8, 4) is 11.5 Å². The van der Waals surface area contributed by atoms with E-state index >= 15 is 0 Å². The maximum Gasteiger partial charge on any atom is 0.356 e. The van der Waals surface area contributed by atoms with Crippen molar-refractivity contribution in [1.82, 2.24) is 10.9 Å². The van der Waals surface area contributed by atoms with Gasteiger partial charge in [0.1, 0.15) is 23.2 Å². The standard InChI is InChI=1S/C16H17N3O6/c1-4-25-16(22)13-11-12(17-18-13)15(21)19(14(11)20)9-6-5-8(23-2)7-10(9)24-3/h5-7,12,17-18H,4H2,1-3H3/t12-/m0/s1. The molecule has 2 heterocycles. The molecule has 1 aromatic carbocycles. The zero-order valence-electron chi connectivity index (χ0n) is 13.9. The van der Waals surface area contributed by atoms with Crippen LogP contribution in [-0.2, 0) is 19.1 Å². The van der Waals surface area contributed by atoms with E-state index in [4.69, 9.17) is 14.2 Å². The van der Waals surface area contributed by atoms with Crippen molar-refractivity contribution >= 4 is 23.5 Å². The molecular weight excluding hydrogens is 330 g/mol. The lowest BCUT2D eigenvalue weighted by molar-refractivity contribution is -0.139. The number of carbonyl (C=O) groups is 3. The molecule has 2 amide bonds. The molecule has 132 valence electrons. The Hall–Kier alpha value is -3.07. The number of anilines is 1. The van der Waals surface area contributed by atoms with Gasteiger partial charge in [-0.2, -0.15) is 0 Å². The highest BCUT2D eigenvalue weighted by Gasteiger charge is 2.51. The summed E-state index contributed by atoms with van der Waals surface area (Å²) in [6.07, 6.45) is 0. The van der Waals surface area contributed by atoms with Gasteiger partial charge in [0.2, 0.25) is 0 Å². The molecule has 0 spiro atoms. The van der Waals surface area contributed by atoms with Crippen molar-refractivity contribution in [2.75, 3.05) is 25.7 Å². The zero-order chi connectivity index (χ0) is 18.1. The number of ether oxygens (including phenoxy) is 3. The topological polar surface area (TPSA) is 106 Å². The van der Waals surface area contributed by atoms with E-state index in [-0.39, 0.29) is 23.6 Å². The number of hydrogen-bond donors (Lipinski definition) is 2. The van der Waals surface area contributed by atoms with Crippen molar-refractivity contribution in [3.05, 3.63) is 29.5 Å². The molecule has 0 unspecified atom stereocenters. The number of esters is 1. The van der Waals surface area contributed by atoms with Gasteiger partial charge in [-0.1, -0.05) is 0 Å². The van der Waals surface area contributed by atoms with Gasteiger partial charge in [0.15, 0.2) is 0 Å². The second-order valence-electron chi connectivity index (χ2n) is 5.23. The van der Waals surface area contributed by atoms with E-state index in [1.54, 1.807) is 25.1 Å². The van der Waals surface area contributed by atoms with Crippen molar-refractivity contribution in [3.63, 3.8) is 0 Å². The first-order valence-electron chi connectivity index (χ1n) is 7.56. The third kappa shape index (κ3) is 2.58. The van der Waals surface area contributed by atoms with Gasteiger partial charge in [-0.3, -0.25) is 9.59 Å². The van der Waals surface area contributed by atoms with Crippen LogP contribution in [0.2, 0.25) is 0 Å². The van der Waals surface area contributed by atoms with Crippen molar-refractivity contribution in [1.29, 1.82) is 0 Å². The fraction of sp³-hybridized carbons (Fsp3) is 0.312. The average Bonchev–Trinajstić information content (AvgIpc) is 3.15. The maximum atomic E-state index is 12.8. The van der Waals surface area contributed by atoms with Crippen LogP contribution < -0.4 is 25.2 Å². The largest absolute Gasteiger partial charge is 0.497 e. The fourth-order valence-corrected chi connectivity index (χ4v) is 2.76. The quantitative estimate of drug-likeness (QED) is 0.560. The molecule has 2 aliphatic rings. The number of carbonyl (C=O) groups excluding carboxylic acids is 3. The number of hydrogen-bond acceptors (Lipinski definition) is 8. The lowest BCUT2D eigenvalue weighted by Gasteiger charge is -2.19. The molecule has 1 atom stereocenters. The van der Waals surface area contributed by atoms with Crippen molar-refractivity contribution < 1.29 is 28.6 Å². The fourth-order valence-electron chi connectivity index (χ4n) is 2.76. The highest BCUT2D eigenvalue weighted by Crippen LogP contribution is 2.37. The predicted molar refractivity (Wildman–Crippen MR) is 85.8 cm³/mol. The van der Waals surface area contributed by atoms with Crippen molar-refractivity contribution in [2.45, 2.75) is 13.0 Å². The maximum absolute atomic E-state index is 12.8. The number of methoxy groups -OCH3 is 2. The van der Waals surface area contributed by atoms with Crippen molar-refractivity contribution in [2.24, 2.45) is 0 Å². The first kappa shape index (κ1) is 16.8. The molecule has 3 rings (SSSR count). The summed E-state index contributed by atoms with van der Waals surface area (Å²) in [7, 11) is 2.92. The third-order valence-corrected chi connectivity index (χ3v) is 3.91. The number of amides is 2. The molecule has 0 radical (unpaired) electrons. The van der Waals surface area contributed by atoms with Crippen LogP contribution in [0.4, 0.5) is 5.69 Å². The Morgan fingerprint density at radius 1 is 1.24 bits per heavy atom. The molecule has 1 saturated heterocycles. The molecule has 1 aromatic rings. The second-order valence-corrected chi connectivity index (χ2v) is 5.23. The molecule has 25 heavy (non-hydrogen) atoms. The van der Waals surface area contributed by atoms with Crippen LogP contribution in [0.1, 0.15) is 6.92 Å². The average molecular weight is 347 g/mol. The van der Waals surface area contributed by atoms with E-state index in [0.717, 1.165) is 4.90 Å². The van der Waals surface area contributed by atoms with Crippen LogP contribution in [0, 0.1) is 0 Å². The molecule has 1 fully saturated rings. The second kappa shape index (κ2) is 6.44. The summed E-state index contributed by atoms with van der Waals surface area (Å²) in [6.45, 7) is 1.80. The van der Waals surface area contributed by atoms with Crippen LogP contribution in [0.25, 0.3) is 0 Å². The molecule has 2 aliphatic heterocycles. The Kier molecular flexibility index (Phi) is 4.32. The number of benzene rings is 1. The summed E-state index contributed by atoms with van der Waals surface area (Å²) in [6, 6.07) is 3.76. The van der Waals surface area contributed by atoms with Gasteiger partial charge in [0, 0.05) is 6.07 Å². The number of fused-ring (bicyclic) bond motifs is 1. The monoisotopic (exact) mass is 347 g/mol. The lowest BCUT2D eigenvalue weighted by Crippen LogP contribution is -2.42. The Morgan fingerprint density at radius 2 is 2.00 bits per heavy atom. The number of hydrazine groups is 1. The third-order valence-electron chi connectivity index (χ3n) is 3.91. The van der Waals surface area contributed by atoms with E-state index in [2.05, 4.69) is 10.9 Å². The molecule has 9 nitrogen and oxygen atoms in total. The molecule has 0 aliphatic carbocycles. The van der Waals surface area contributed by atoms with E-state index in [1.807, 2.05) is 0 Å².